The average molecular weight is 313 g/mol. The molecule has 122 valence electrons. The van der Waals surface area contributed by atoms with Crippen molar-refractivity contribution in [2.45, 2.75) is 70.7 Å². The van der Waals surface area contributed by atoms with Crippen LogP contribution in [0, 0.1) is 0 Å². The van der Waals surface area contributed by atoms with E-state index in [4.69, 9.17) is 9.31 Å². The SMILES string of the molecule is CC(=O)N1C2CCC1c1cc(B3OC(C)(C)C(C)(C)O3)ccc12. The zero-order valence-corrected chi connectivity index (χ0v) is 14.6. The van der Waals surface area contributed by atoms with E-state index in [1.807, 2.05) is 4.90 Å². The zero-order chi connectivity index (χ0) is 16.6. The van der Waals surface area contributed by atoms with E-state index in [-0.39, 0.29) is 36.3 Å². The van der Waals surface area contributed by atoms with E-state index in [0.717, 1.165) is 18.3 Å². The third-order valence-electron chi connectivity index (χ3n) is 6.10. The molecule has 0 radical (unpaired) electrons. The van der Waals surface area contributed by atoms with Crippen molar-refractivity contribution >= 4 is 18.5 Å². The molecule has 4 rings (SSSR count). The van der Waals surface area contributed by atoms with Gasteiger partial charge in [0, 0.05) is 6.92 Å². The summed E-state index contributed by atoms with van der Waals surface area (Å²) in [6.45, 7) is 9.95. The number of hydrogen-bond donors (Lipinski definition) is 0. The van der Waals surface area contributed by atoms with Crippen molar-refractivity contribution in [1.29, 1.82) is 0 Å². The van der Waals surface area contributed by atoms with Crippen LogP contribution in [0.15, 0.2) is 18.2 Å². The first-order valence-electron chi connectivity index (χ1n) is 8.49. The molecule has 1 aromatic carbocycles. The van der Waals surface area contributed by atoms with E-state index in [1.165, 1.54) is 11.1 Å². The minimum absolute atomic E-state index is 0.172. The quantitative estimate of drug-likeness (QED) is 0.748. The standard InChI is InChI=1S/C18H24BNO3/c1-11(21)20-15-8-9-16(20)14-10-12(6-7-13(14)15)19-22-17(2,3)18(4,5)23-19/h6-7,10,15-16H,8-9H2,1-5H3. The van der Waals surface area contributed by atoms with Crippen molar-refractivity contribution in [2.75, 3.05) is 0 Å². The first-order chi connectivity index (χ1) is 10.7. The molecule has 4 nitrogen and oxygen atoms in total. The number of carbonyl (C=O) groups excluding carboxylic acids is 1. The maximum absolute atomic E-state index is 12.0. The summed E-state index contributed by atoms with van der Waals surface area (Å²) >= 11 is 0. The van der Waals surface area contributed by atoms with Crippen molar-refractivity contribution < 1.29 is 14.1 Å². The van der Waals surface area contributed by atoms with Gasteiger partial charge >= 0.3 is 7.12 Å². The summed E-state index contributed by atoms with van der Waals surface area (Å²) in [7, 11) is -0.338. The first kappa shape index (κ1) is 15.2. The van der Waals surface area contributed by atoms with Crippen molar-refractivity contribution in [2.24, 2.45) is 0 Å². The van der Waals surface area contributed by atoms with E-state index in [2.05, 4.69) is 45.9 Å². The number of fused-ring (bicyclic) bond motifs is 5. The van der Waals surface area contributed by atoms with Crippen molar-refractivity contribution in [1.82, 2.24) is 4.90 Å². The molecule has 1 aromatic rings. The maximum atomic E-state index is 12.0. The smallest absolute Gasteiger partial charge is 0.399 e. The lowest BCUT2D eigenvalue weighted by molar-refractivity contribution is -0.131. The van der Waals surface area contributed by atoms with Crippen LogP contribution in [-0.4, -0.2) is 29.1 Å². The van der Waals surface area contributed by atoms with E-state index in [9.17, 15) is 4.79 Å². The lowest BCUT2D eigenvalue weighted by Gasteiger charge is -2.32. The van der Waals surface area contributed by atoms with Crippen LogP contribution in [0.4, 0.5) is 0 Å². The highest BCUT2D eigenvalue weighted by Gasteiger charge is 2.52. The third-order valence-corrected chi connectivity index (χ3v) is 6.10. The molecule has 0 saturated carbocycles. The molecule has 23 heavy (non-hydrogen) atoms. The summed E-state index contributed by atoms with van der Waals surface area (Å²) in [5.74, 6) is 0.172. The summed E-state index contributed by atoms with van der Waals surface area (Å²) in [6, 6.07) is 6.95. The zero-order valence-electron chi connectivity index (χ0n) is 14.6. The van der Waals surface area contributed by atoms with Crippen LogP contribution in [0.2, 0.25) is 0 Å². The molecule has 3 aliphatic rings. The topological polar surface area (TPSA) is 38.8 Å². The van der Waals surface area contributed by atoms with Gasteiger partial charge in [0.25, 0.3) is 0 Å². The normalized spacial score (nSPS) is 30.0. The molecule has 2 unspecified atom stereocenters. The number of amides is 1. The molecule has 0 spiro atoms. The van der Waals surface area contributed by atoms with Crippen LogP contribution < -0.4 is 5.46 Å². The van der Waals surface area contributed by atoms with Gasteiger partial charge in [-0.1, -0.05) is 18.2 Å². The molecule has 2 fully saturated rings. The number of hydrogen-bond acceptors (Lipinski definition) is 3. The van der Waals surface area contributed by atoms with Crippen LogP contribution in [0.1, 0.15) is 70.7 Å². The van der Waals surface area contributed by atoms with Crippen LogP contribution >= 0.6 is 0 Å². The fourth-order valence-electron chi connectivity index (χ4n) is 4.17. The van der Waals surface area contributed by atoms with Gasteiger partial charge in [-0.3, -0.25) is 4.79 Å². The summed E-state index contributed by atoms with van der Waals surface area (Å²) < 4.78 is 12.3. The average Bonchev–Trinajstić information content (AvgIpc) is 3.07. The Labute approximate surface area is 138 Å². The molecule has 0 N–H and O–H groups in total. The lowest BCUT2D eigenvalue weighted by Crippen LogP contribution is -2.41. The van der Waals surface area contributed by atoms with Gasteiger partial charge in [-0.15, -0.1) is 0 Å². The second kappa shape index (κ2) is 4.61. The van der Waals surface area contributed by atoms with Crippen LogP contribution in [0.3, 0.4) is 0 Å². The fraction of sp³-hybridized carbons (Fsp3) is 0.611. The summed E-state index contributed by atoms with van der Waals surface area (Å²) in [5, 5.41) is 0. The largest absolute Gasteiger partial charge is 0.494 e. The molecule has 2 saturated heterocycles. The molecule has 1 amide bonds. The van der Waals surface area contributed by atoms with E-state index in [1.54, 1.807) is 6.92 Å². The number of carbonyl (C=O) groups is 1. The highest BCUT2D eigenvalue weighted by Crippen LogP contribution is 2.52. The molecule has 2 atom stereocenters. The van der Waals surface area contributed by atoms with E-state index in [0.29, 0.717) is 0 Å². The number of rotatable bonds is 1. The molecule has 3 heterocycles. The second-order valence-electron chi connectivity index (χ2n) is 8.01. The minimum atomic E-state index is -0.338. The Balaban J connectivity index is 1.68. The van der Waals surface area contributed by atoms with Crippen molar-refractivity contribution in [3.8, 4) is 0 Å². The van der Waals surface area contributed by atoms with Crippen molar-refractivity contribution in [3.05, 3.63) is 29.3 Å². The Bertz CT molecular complexity index is 669. The molecular weight excluding hydrogens is 289 g/mol. The van der Waals surface area contributed by atoms with Gasteiger partial charge in [0.15, 0.2) is 0 Å². The Morgan fingerprint density at radius 1 is 1.09 bits per heavy atom. The van der Waals surface area contributed by atoms with Gasteiger partial charge in [-0.25, -0.2) is 0 Å². The van der Waals surface area contributed by atoms with E-state index >= 15 is 0 Å². The molecule has 0 aromatic heterocycles. The molecule has 3 aliphatic heterocycles. The first-order valence-corrected chi connectivity index (χ1v) is 8.49. The van der Waals surface area contributed by atoms with Gasteiger partial charge in [0.1, 0.15) is 0 Å². The van der Waals surface area contributed by atoms with Gasteiger partial charge in [0.05, 0.1) is 23.3 Å². The highest BCUT2D eigenvalue weighted by atomic mass is 16.7. The Morgan fingerprint density at radius 3 is 2.22 bits per heavy atom. The Morgan fingerprint density at radius 2 is 1.65 bits per heavy atom. The Hall–Kier alpha value is -1.33. The molecule has 2 bridgehead atoms. The van der Waals surface area contributed by atoms with Gasteiger partial charge < -0.3 is 14.2 Å². The number of benzene rings is 1. The molecular formula is C18H24BNO3. The minimum Gasteiger partial charge on any atom is -0.399 e. The number of nitrogens with zero attached hydrogens (tertiary/aromatic N) is 1. The van der Waals surface area contributed by atoms with Crippen LogP contribution in [0.25, 0.3) is 0 Å². The summed E-state index contributed by atoms with van der Waals surface area (Å²) in [4.78, 5) is 14.0. The van der Waals surface area contributed by atoms with Crippen LogP contribution in [-0.2, 0) is 14.1 Å². The third kappa shape index (κ3) is 2.02. The van der Waals surface area contributed by atoms with Crippen molar-refractivity contribution in [3.63, 3.8) is 0 Å². The van der Waals surface area contributed by atoms with E-state index < -0.39 is 0 Å². The summed E-state index contributed by atoms with van der Waals surface area (Å²) in [6.07, 6.45) is 2.14. The highest BCUT2D eigenvalue weighted by molar-refractivity contribution is 6.62. The maximum Gasteiger partial charge on any atom is 0.494 e. The predicted molar refractivity (Wildman–Crippen MR) is 89.4 cm³/mol. The Kier molecular flexibility index (Phi) is 3.05. The monoisotopic (exact) mass is 313 g/mol. The van der Waals surface area contributed by atoms with Gasteiger partial charge in [0.2, 0.25) is 5.91 Å². The second-order valence-corrected chi connectivity index (χ2v) is 8.01. The molecule has 5 heteroatoms. The van der Waals surface area contributed by atoms with Crippen LogP contribution in [0.5, 0.6) is 0 Å². The lowest BCUT2D eigenvalue weighted by atomic mass is 9.76. The fourth-order valence-corrected chi connectivity index (χ4v) is 4.17. The van der Waals surface area contributed by atoms with Gasteiger partial charge in [-0.2, -0.15) is 0 Å². The molecule has 0 aliphatic carbocycles. The summed E-state index contributed by atoms with van der Waals surface area (Å²) in [5.41, 5.74) is 2.97. The van der Waals surface area contributed by atoms with Gasteiger partial charge in [-0.05, 0) is 57.1 Å². The predicted octanol–water partition coefficient (Wildman–Crippen LogP) is 2.72.